The zero-order valence-electron chi connectivity index (χ0n) is 12.0. The van der Waals surface area contributed by atoms with Crippen molar-refractivity contribution in [2.24, 2.45) is 5.73 Å². The fourth-order valence-corrected chi connectivity index (χ4v) is 2.05. The molecular formula is C12H19ClN4O4. The Labute approximate surface area is 127 Å². The van der Waals surface area contributed by atoms with Crippen LogP contribution in [0.1, 0.15) is 55.2 Å². The van der Waals surface area contributed by atoms with Gasteiger partial charge in [0.25, 0.3) is 5.91 Å². The Morgan fingerprint density at radius 3 is 2.57 bits per heavy atom. The number of rotatable bonds is 3. The van der Waals surface area contributed by atoms with Crippen LogP contribution in [0.2, 0.25) is 0 Å². The van der Waals surface area contributed by atoms with Crippen molar-refractivity contribution in [3.8, 4) is 0 Å². The molecule has 21 heavy (non-hydrogen) atoms. The van der Waals surface area contributed by atoms with Gasteiger partial charge in [0, 0.05) is 12.5 Å². The first-order chi connectivity index (χ1) is 9.84. The highest BCUT2D eigenvalue weighted by Gasteiger charge is 2.28. The lowest BCUT2D eigenvalue weighted by Gasteiger charge is -2.15. The van der Waals surface area contributed by atoms with E-state index in [1.54, 1.807) is 13.8 Å². The molecule has 0 spiro atoms. The highest BCUT2D eigenvalue weighted by Crippen LogP contribution is 2.26. The number of carbonyl (C=O) groups excluding carboxylic acids is 1. The number of hydrogen-bond donors (Lipinski definition) is 2. The quantitative estimate of drug-likeness (QED) is 0.502. The number of ether oxygens (including phenoxy) is 1. The van der Waals surface area contributed by atoms with Gasteiger partial charge in [0.05, 0.1) is 4.92 Å². The molecule has 1 atom stereocenters. The lowest BCUT2D eigenvalue weighted by Crippen LogP contribution is -2.13. The van der Waals surface area contributed by atoms with Crippen molar-refractivity contribution in [3.05, 3.63) is 21.5 Å². The maximum absolute atomic E-state index is 10.8. The number of carbonyl (C=O) groups is 1. The van der Waals surface area contributed by atoms with E-state index in [2.05, 4.69) is 10.2 Å². The van der Waals surface area contributed by atoms with Crippen LogP contribution in [0, 0.1) is 10.1 Å². The van der Waals surface area contributed by atoms with Crippen molar-refractivity contribution in [1.82, 2.24) is 10.2 Å². The number of nitrogens with one attached hydrogen (secondary N) is 1. The first-order valence-electron chi connectivity index (χ1n) is 6.62. The summed E-state index contributed by atoms with van der Waals surface area (Å²) in [7, 11) is 0. The molecule has 1 unspecified atom stereocenters. The molecule has 0 bridgehead atoms. The van der Waals surface area contributed by atoms with Gasteiger partial charge in [-0.3, -0.25) is 20.0 Å². The van der Waals surface area contributed by atoms with Gasteiger partial charge in [0.2, 0.25) is 5.69 Å². The van der Waals surface area contributed by atoms with Gasteiger partial charge in [-0.1, -0.05) is 25.4 Å². The number of amides is 1. The lowest BCUT2D eigenvalue weighted by molar-refractivity contribution is -0.385. The van der Waals surface area contributed by atoms with Crippen molar-refractivity contribution < 1.29 is 14.5 Å². The van der Waals surface area contributed by atoms with Gasteiger partial charge >= 0.3 is 5.69 Å². The van der Waals surface area contributed by atoms with E-state index in [1.165, 1.54) is 12.8 Å². The Morgan fingerprint density at radius 2 is 2.24 bits per heavy atom. The molecular weight excluding hydrogens is 300 g/mol. The molecule has 0 radical (unpaired) electrons. The van der Waals surface area contributed by atoms with E-state index in [9.17, 15) is 14.9 Å². The van der Waals surface area contributed by atoms with Crippen molar-refractivity contribution in [1.29, 1.82) is 0 Å². The predicted molar refractivity (Wildman–Crippen MR) is 77.3 cm³/mol. The highest BCUT2D eigenvalue weighted by molar-refractivity contribution is 6.19. The summed E-state index contributed by atoms with van der Waals surface area (Å²) in [6.07, 6.45) is 3.44. The minimum atomic E-state index is -0.903. The van der Waals surface area contributed by atoms with E-state index < -0.39 is 10.8 Å². The normalized spacial score (nSPS) is 18.0. The van der Waals surface area contributed by atoms with Gasteiger partial charge in [-0.2, -0.15) is 5.10 Å². The Kier molecular flexibility index (Phi) is 6.57. The minimum Gasteiger partial charge on any atom is -0.364 e. The van der Waals surface area contributed by atoms with Crippen LogP contribution in [0.15, 0.2) is 0 Å². The fraction of sp³-hybridized carbons (Fsp3) is 0.667. The van der Waals surface area contributed by atoms with Crippen molar-refractivity contribution in [2.45, 2.75) is 44.6 Å². The minimum absolute atomic E-state index is 0.00810. The fourth-order valence-electron chi connectivity index (χ4n) is 1.81. The SMILES string of the molecule is CC(C)c1[nH]nc(C(N)=O)c1[N+](=O)[O-].ClC1CCCCO1. The van der Waals surface area contributed by atoms with Crippen molar-refractivity contribution in [2.75, 3.05) is 6.61 Å². The molecule has 2 heterocycles. The summed E-state index contributed by atoms with van der Waals surface area (Å²) >= 11 is 5.59. The molecule has 0 saturated carbocycles. The van der Waals surface area contributed by atoms with E-state index in [0.717, 1.165) is 13.0 Å². The molecule has 1 amide bonds. The van der Waals surface area contributed by atoms with E-state index in [-0.39, 0.29) is 22.9 Å². The van der Waals surface area contributed by atoms with Gasteiger partial charge in [0.15, 0.2) is 0 Å². The third-order valence-electron chi connectivity index (χ3n) is 2.89. The summed E-state index contributed by atoms with van der Waals surface area (Å²) in [5.41, 5.74) is 4.61. The van der Waals surface area contributed by atoms with Crippen molar-refractivity contribution in [3.63, 3.8) is 0 Å². The number of H-pyrrole nitrogens is 1. The van der Waals surface area contributed by atoms with E-state index in [1.807, 2.05) is 0 Å². The molecule has 1 aliphatic heterocycles. The maximum Gasteiger partial charge on any atom is 0.323 e. The van der Waals surface area contributed by atoms with E-state index in [0.29, 0.717) is 5.69 Å². The van der Waals surface area contributed by atoms with Crippen LogP contribution in [0.4, 0.5) is 5.69 Å². The number of aromatic nitrogens is 2. The second-order valence-electron chi connectivity index (χ2n) is 4.89. The second kappa shape index (κ2) is 7.94. The summed E-state index contributed by atoms with van der Waals surface area (Å²) in [4.78, 5) is 20.8. The summed E-state index contributed by atoms with van der Waals surface area (Å²) in [5, 5.41) is 16.6. The molecule has 8 nitrogen and oxygen atoms in total. The molecule has 1 aromatic rings. The van der Waals surface area contributed by atoms with Crippen LogP contribution in [0.3, 0.4) is 0 Å². The Balaban J connectivity index is 0.000000262. The van der Waals surface area contributed by atoms with E-state index >= 15 is 0 Å². The van der Waals surface area contributed by atoms with Gasteiger partial charge in [-0.05, 0) is 19.3 Å². The average Bonchev–Trinajstić information content (AvgIpc) is 2.85. The summed E-state index contributed by atoms with van der Waals surface area (Å²) in [6.45, 7) is 4.37. The van der Waals surface area contributed by atoms with Crippen molar-refractivity contribution >= 4 is 23.2 Å². The molecule has 1 fully saturated rings. The average molecular weight is 319 g/mol. The van der Waals surface area contributed by atoms with Crippen LogP contribution >= 0.6 is 11.6 Å². The highest BCUT2D eigenvalue weighted by atomic mass is 35.5. The number of halogens is 1. The Morgan fingerprint density at radius 1 is 1.57 bits per heavy atom. The van der Waals surface area contributed by atoms with Gasteiger partial charge in [0.1, 0.15) is 11.3 Å². The van der Waals surface area contributed by atoms with Crippen LogP contribution in [-0.4, -0.2) is 33.2 Å². The molecule has 1 aromatic heterocycles. The van der Waals surface area contributed by atoms with Gasteiger partial charge in [-0.25, -0.2) is 0 Å². The molecule has 3 N–H and O–H groups in total. The number of nitrogens with two attached hydrogens (primary N) is 1. The summed E-state index contributed by atoms with van der Waals surface area (Å²) in [5.74, 6) is -1.02. The van der Waals surface area contributed by atoms with Crippen LogP contribution in [0.25, 0.3) is 0 Å². The van der Waals surface area contributed by atoms with Crippen LogP contribution in [0.5, 0.6) is 0 Å². The predicted octanol–water partition coefficient (Wildman–Crippen LogP) is 2.29. The van der Waals surface area contributed by atoms with Gasteiger partial charge < -0.3 is 10.5 Å². The number of aromatic amines is 1. The molecule has 1 saturated heterocycles. The smallest absolute Gasteiger partial charge is 0.323 e. The Hall–Kier alpha value is -1.67. The molecule has 118 valence electrons. The molecule has 0 aliphatic carbocycles. The summed E-state index contributed by atoms with van der Waals surface area (Å²) in [6, 6.07) is 0. The number of alkyl halides is 1. The lowest BCUT2D eigenvalue weighted by atomic mass is 10.1. The molecule has 0 aromatic carbocycles. The second-order valence-corrected chi connectivity index (χ2v) is 5.37. The zero-order valence-corrected chi connectivity index (χ0v) is 12.7. The topological polar surface area (TPSA) is 124 Å². The van der Waals surface area contributed by atoms with Crippen LogP contribution < -0.4 is 5.73 Å². The Bertz CT molecular complexity index is 497. The maximum atomic E-state index is 10.8. The first kappa shape index (κ1) is 17.4. The standard InChI is InChI=1S/C7H10N4O3.C5H9ClO/c1-3(2)4-6(11(13)14)5(7(8)12)10-9-4;6-5-3-1-2-4-7-5/h3H,1-2H3,(H2,8,12)(H,9,10);5H,1-4H2. The number of primary amides is 1. The third kappa shape index (κ3) is 4.98. The molecule has 1 aliphatic rings. The molecule has 9 heteroatoms. The first-order valence-corrected chi connectivity index (χ1v) is 7.06. The number of nitro groups is 1. The van der Waals surface area contributed by atoms with Crippen LogP contribution in [-0.2, 0) is 4.74 Å². The number of nitrogens with zero attached hydrogens (tertiary/aromatic N) is 2. The number of hydrogen-bond acceptors (Lipinski definition) is 5. The third-order valence-corrected chi connectivity index (χ3v) is 3.23. The van der Waals surface area contributed by atoms with Gasteiger partial charge in [-0.15, -0.1) is 0 Å². The monoisotopic (exact) mass is 318 g/mol. The van der Waals surface area contributed by atoms with E-state index in [4.69, 9.17) is 22.1 Å². The zero-order chi connectivity index (χ0) is 16.0. The summed E-state index contributed by atoms with van der Waals surface area (Å²) < 4.78 is 5.04. The molecule has 2 rings (SSSR count). The largest absolute Gasteiger partial charge is 0.364 e.